The molecule has 2 N–H and O–H groups in total. The number of aryl methyl sites for hydroxylation is 1. The number of ether oxygens (including phenoxy) is 1. The van der Waals surface area contributed by atoms with Gasteiger partial charge < -0.3 is 10.5 Å². The molecule has 2 aromatic carbocycles. The fourth-order valence-corrected chi connectivity index (χ4v) is 2.23. The first-order valence-electron chi connectivity index (χ1n) is 7.14. The molecule has 21 heavy (non-hydrogen) atoms. The molecule has 110 valence electrons. The average Bonchev–Trinajstić information content (AvgIpc) is 2.54. The highest BCUT2D eigenvalue weighted by atomic mass is 16.5. The monoisotopic (exact) mass is 283 g/mol. The van der Waals surface area contributed by atoms with E-state index >= 15 is 0 Å². The van der Waals surface area contributed by atoms with E-state index in [2.05, 4.69) is 0 Å². The molecule has 1 unspecified atom stereocenters. The first-order valence-corrected chi connectivity index (χ1v) is 7.14. The number of carbonyl (C=O) groups excluding carboxylic acids is 1. The minimum Gasteiger partial charge on any atom is -0.497 e. The third-order valence-electron chi connectivity index (χ3n) is 3.53. The van der Waals surface area contributed by atoms with Gasteiger partial charge in [-0.2, -0.15) is 0 Å². The molecule has 0 spiro atoms. The summed E-state index contributed by atoms with van der Waals surface area (Å²) >= 11 is 0. The highest BCUT2D eigenvalue weighted by Gasteiger charge is 2.13. The second-order valence-electron chi connectivity index (χ2n) is 5.11. The number of hydrogen-bond acceptors (Lipinski definition) is 3. The maximum Gasteiger partial charge on any atom is 0.150 e. The van der Waals surface area contributed by atoms with Crippen LogP contribution in [-0.2, 0) is 17.6 Å². The molecule has 0 amide bonds. The summed E-state index contributed by atoms with van der Waals surface area (Å²) in [5.41, 5.74) is 8.21. The van der Waals surface area contributed by atoms with Crippen molar-refractivity contribution in [3.8, 4) is 5.75 Å². The number of carbonyl (C=O) groups is 1. The third kappa shape index (κ3) is 4.72. The molecule has 0 aromatic heterocycles. The Morgan fingerprint density at radius 1 is 1.05 bits per heavy atom. The van der Waals surface area contributed by atoms with E-state index in [1.165, 1.54) is 0 Å². The standard InChI is InChI=1S/C18H21NO2/c1-21-16-10-7-14(8-11-16)9-12-18(20)17(19)13-15-5-3-2-4-6-15/h2-8,10-11,17H,9,12-13,19H2,1H3. The van der Waals surface area contributed by atoms with Crippen LogP contribution in [0.15, 0.2) is 54.6 Å². The molecule has 0 aliphatic heterocycles. The fraction of sp³-hybridized carbons (Fsp3) is 0.278. The van der Waals surface area contributed by atoms with E-state index in [1.54, 1.807) is 7.11 Å². The fourth-order valence-electron chi connectivity index (χ4n) is 2.23. The van der Waals surface area contributed by atoms with E-state index < -0.39 is 6.04 Å². The molecule has 0 aliphatic rings. The molecule has 3 nitrogen and oxygen atoms in total. The SMILES string of the molecule is COc1ccc(CCC(=O)C(N)Cc2ccccc2)cc1. The van der Waals surface area contributed by atoms with Crippen LogP contribution in [0.25, 0.3) is 0 Å². The van der Waals surface area contributed by atoms with Gasteiger partial charge in [-0.15, -0.1) is 0 Å². The lowest BCUT2D eigenvalue weighted by atomic mass is 9.98. The number of Topliss-reactive ketones (excluding diaryl/α,β-unsaturated/α-hetero) is 1. The molecular weight excluding hydrogens is 262 g/mol. The Hall–Kier alpha value is -2.13. The number of hydrogen-bond donors (Lipinski definition) is 1. The van der Waals surface area contributed by atoms with Crippen molar-refractivity contribution < 1.29 is 9.53 Å². The smallest absolute Gasteiger partial charge is 0.150 e. The summed E-state index contributed by atoms with van der Waals surface area (Å²) in [5.74, 6) is 0.931. The van der Waals surface area contributed by atoms with Crippen molar-refractivity contribution in [1.29, 1.82) is 0 Å². The van der Waals surface area contributed by atoms with Gasteiger partial charge >= 0.3 is 0 Å². The highest BCUT2D eigenvalue weighted by molar-refractivity contribution is 5.84. The predicted octanol–water partition coefficient (Wildman–Crippen LogP) is 2.77. The van der Waals surface area contributed by atoms with Gasteiger partial charge in [0.15, 0.2) is 0 Å². The lowest BCUT2D eigenvalue weighted by Crippen LogP contribution is -2.32. The predicted molar refractivity (Wildman–Crippen MR) is 84.4 cm³/mol. The maximum atomic E-state index is 12.1. The van der Waals surface area contributed by atoms with Crippen LogP contribution in [0, 0.1) is 0 Å². The van der Waals surface area contributed by atoms with Gasteiger partial charge in [-0.3, -0.25) is 4.79 Å². The van der Waals surface area contributed by atoms with E-state index in [9.17, 15) is 4.79 Å². The molecule has 0 saturated heterocycles. The molecule has 3 heteroatoms. The van der Waals surface area contributed by atoms with Crippen molar-refractivity contribution in [3.63, 3.8) is 0 Å². The second-order valence-corrected chi connectivity index (χ2v) is 5.11. The largest absolute Gasteiger partial charge is 0.497 e. The number of methoxy groups -OCH3 is 1. The number of ketones is 1. The zero-order chi connectivity index (χ0) is 15.1. The van der Waals surface area contributed by atoms with Crippen molar-refractivity contribution in [3.05, 3.63) is 65.7 Å². The van der Waals surface area contributed by atoms with Crippen LogP contribution in [0.4, 0.5) is 0 Å². The summed E-state index contributed by atoms with van der Waals surface area (Å²) < 4.78 is 5.11. The Morgan fingerprint density at radius 2 is 1.71 bits per heavy atom. The van der Waals surface area contributed by atoms with Crippen molar-refractivity contribution in [1.82, 2.24) is 0 Å². The Kier molecular flexibility index (Phi) is 5.52. The van der Waals surface area contributed by atoms with E-state index in [0.717, 1.165) is 16.9 Å². The van der Waals surface area contributed by atoms with Gasteiger partial charge in [-0.25, -0.2) is 0 Å². The zero-order valence-electron chi connectivity index (χ0n) is 12.3. The van der Waals surface area contributed by atoms with Gasteiger partial charge in [0, 0.05) is 6.42 Å². The van der Waals surface area contributed by atoms with Gasteiger partial charge in [0.1, 0.15) is 11.5 Å². The van der Waals surface area contributed by atoms with Crippen molar-refractivity contribution in [2.45, 2.75) is 25.3 Å². The van der Waals surface area contributed by atoms with Crippen LogP contribution in [0.2, 0.25) is 0 Å². The van der Waals surface area contributed by atoms with Crippen LogP contribution >= 0.6 is 0 Å². The molecule has 2 aromatic rings. The lowest BCUT2D eigenvalue weighted by Gasteiger charge is -2.11. The normalized spacial score (nSPS) is 11.9. The third-order valence-corrected chi connectivity index (χ3v) is 3.53. The van der Waals surface area contributed by atoms with E-state index in [-0.39, 0.29) is 5.78 Å². The first kappa shape index (κ1) is 15.3. The molecule has 0 fully saturated rings. The molecule has 1 atom stereocenters. The summed E-state index contributed by atoms with van der Waals surface area (Å²) in [4.78, 5) is 12.1. The molecule has 2 rings (SSSR count). The van der Waals surface area contributed by atoms with E-state index in [1.807, 2.05) is 54.6 Å². The molecular formula is C18H21NO2. The van der Waals surface area contributed by atoms with Crippen molar-refractivity contribution >= 4 is 5.78 Å². The summed E-state index contributed by atoms with van der Waals surface area (Å²) in [6.45, 7) is 0. The maximum absolute atomic E-state index is 12.1. The lowest BCUT2D eigenvalue weighted by molar-refractivity contribution is -0.120. The van der Waals surface area contributed by atoms with Gasteiger partial charge in [-0.1, -0.05) is 42.5 Å². The topological polar surface area (TPSA) is 52.3 Å². The summed E-state index contributed by atoms with van der Waals surface area (Å²) in [7, 11) is 1.64. The Balaban J connectivity index is 1.83. The van der Waals surface area contributed by atoms with Gasteiger partial charge in [0.05, 0.1) is 13.2 Å². The van der Waals surface area contributed by atoms with E-state index in [4.69, 9.17) is 10.5 Å². The first-order chi connectivity index (χ1) is 10.2. The summed E-state index contributed by atoms with van der Waals surface area (Å²) in [6.07, 6.45) is 1.79. The molecule has 0 bridgehead atoms. The van der Waals surface area contributed by atoms with Crippen LogP contribution in [0.5, 0.6) is 5.75 Å². The Labute approximate surface area is 125 Å². The second kappa shape index (κ2) is 7.60. The summed E-state index contributed by atoms with van der Waals surface area (Å²) in [6, 6.07) is 17.2. The number of benzene rings is 2. The molecule has 0 saturated carbocycles. The van der Waals surface area contributed by atoms with Crippen molar-refractivity contribution in [2.24, 2.45) is 5.73 Å². The van der Waals surface area contributed by atoms with Crippen LogP contribution in [0.3, 0.4) is 0 Å². The Bertz CT molecular complexity index is 564. The zero-order valence-corrected chi connectivity index (χ0v) is 12.3. The van der Waals surface area contributed by atoms with Gasteiger partial charge in [0.2, 0.25) is 0 Å². The minimum absolute atomic E-state index is 0.106. The minimum atomic E-state index is -0.425. The molecule has 0 radical (unpaired) electrons. The van der Waals surface area contributed by atoms with Gasteiger partial charge in [-0.05, 0) is 36.1 Å². The van der Waals surface area contributed by atoms with Crippen molar-refractivity contribution in [2.75, 3.05) is 7.11 Å². The average molecular weight is 283 g/mol. The van der Waals surface area contributed by atoms with Crippen LogP contribution < -0.4 is 10.5 Å². The molecule has 0 heterocycles. The highest BCUT2D eigenvalue weighted by Crippen LogP contribution is 2.13. The number of nitrogens with two attached hydrogens (primary N) is 1. The Morgan fingerprint density at radius 3 is 2.33 bits per heavy atom. The number of rotatable bonds is 7. The van der Waals surface area contributed by atoms with Crippen LogP contribution in [0.1, 0.15) is 17.5 Å². The van der Waals surface area contributed by atoms with E-state index in [0.29, 0.717) is 19.3 Å². The van der Waals surface area contributed by atoms with Crippen LogP contribution in [-0.4, -0.2) is 18.9 Å². The summed E-state index contributed by atoms with van der Waals surface area (Å²) in [5, 5.41) is 0. The van der Waals surface area contributed by atoms with Gasteiger partial charge in [0.25, 0.3) is 0 Å². The molecule has 0 aliphatic carbocycles. The quantitative estimate of drug-likeness (QED) is 0.850.